The molecule has 1 saturated heterocycles. The molecule has 0 radical (unpaired) electrons. The molecule has 4 N–H and O–H groups in total. The van der Waals surface area contributed by atoms with Gasteiger partial charge >= 0.3 is 0 Å². The molecule has 0 aromatic heterocycles. The summed E-state index contributed by atoms with van der Waals surface area (Å²) in [5, 5.41) is 5.50. The molecule has 2 amide bonds. The zero-order valence-corrected chi connectivity index (χ0v) is 13.6. The van der Waals surface area contributed by atoms with Gasteiger partial charge in [-0.2, -0.15) is 0 Å². The lowest BCUT2D eigenvalue weighted by molar-refractivity contribution is -0.120. The molecule has 0 spiro atoms. The summed E-state index contributed by atoms with van der Waals surface area (Å²) in [5.41, 5.74) is 5.11. The SMILES string of the molecule is CC(C)N.CNCC(=O)NC(C)C.O=CN1CCCC1. The van der Waals surface area contributed by atoms with Gasteiger partial charge in [-0.3, -0.25) is 9.59 Å². The number of likely N-dealkylation sites (N-methyl/N-ethyl adjacent to an activating group) is 1. The fourth-order valence-electron chi connectivity index (χ4n) is 1.38. The minimum atomic E-state index is 0.0486. The molecule has 6 heteroatoms. The van der Waals surface area contributed by atoms with Gasteiger partial charge in [-0.1, -0.05) is 13.8 Å². The highest BCUT2D eigenvalue weighted by Gasteiger charge is 2.06. The average molecular weight is 288 g/mol. The van der Waals surface area contributed by atoms with Crippen molar-refractivity contribution in [2.45, 2.75) is 52.6 Å². The molecule has 0 atom stereocenters. The summed E-state index contributed by atoms with van der Waals surface area (Å²) in [6, 6.07) is 0.575. The van der Waals surface area contributed by atoms with E-state index in [0.29, 0.717) is 12.6 Å². The third-order valence-corrected chi connectivity index (χ3v) is 2.08. The van der Waals surface area contributed by atoms with Crippen molar-refractivity contribution in [1.29, 1.82) is 0 Å². The normalized spacial score (nSPS) is 13.3. The summed E-state index contributed by atoms with van der Waals surface area (Å²) >= 11 is 0. The smallest absolute Gasteiger partial charge is 0.234 e. The van der Waals surface area contributed by atoms with Crippen LogP contribution in [0.3, 0.4) is 0 Å². The number of nitrogens with zero attached hydrogens (tertiary/aromatic N) is 1. The van der Waals surface area contributed by atoms with Crippen molar-refractivity contribution in [2.75, 3.05) is 26.7 Å². The third-order valence-electron chi connectivity index (χ3n) is 2.08. The molecule has 0 bridgehead atoms. The molecule has 120 valence electrons. The Morgan fingerprint density at radius 1 is 1.25 bits per heavy atom. The topological polar surface area (TPSA) is 87.5 Å². The predicted molar refractivity (Wildman–Crippen MR) is 83.4 cm³/mol. The Bertz CT molecular complexity index is 237. The molecule has 0 aromatic carbocycles. The van der Waals surface area contributed by atoms with E-state index in [4.69, 9.17) is 5.73 Å². The van der Waals surface area contributed by atoms with Crippen molar-refractivity contribution in [2.24, 2.45) is 5.73 Å². The lowest BCUT2D eigenvalue weighted by Gasteiger charge is -2.06. The fraction of sp³-hybridized carbons (Fsp3) is 0.857. The maximum absolute atomic E-state index is 10.7. The molecule has 20 heavy (non-hydrogen) atoms. The highest BCUT2D eigenvalue weighted by Crippen LogP contribution is 2.02. The van der Waals surface area contributed by atoms with Crippen LogP contribution >= 0.6 is 0 Å². The van der Waals surface area contributed by atoms with Crippen LogP contribution < -0.4 is 16.4 Å². The van der Waals surface area contributed by atoms with Crippen molar-refractivity contribution in [3.8, 4) is 0 Å². The van der Waals surface area contributed by atoms with Crippen LogP contribution in [0.4, 0.5) is 0 Å². The number of amides is 2. The highest BCUT2D eigenvalue weighted by molar-refractivity contribution is 5.78. The first-order chi connectivity index (χ1) is 9.33. The fourth-order valence-corrected chi connectivity index (χ4v) is 1.38. The zero-order valence-electron chi connectivity index (χ0n) is 13.6. The number of likely N-dealkylation sites (tertiary alicyclic amines) is 1. The maximum atomic E-state index is 10.7. The lowest BCUT2D eigenvalue weighted by Crippen LogP contribution is -2.36. The van der Waals surface area contributed by atoms with Crippen molar-refractivity contribution < 1.29 is 9.59 Å². The van der Waals surface area contributed by atoms with Crippen LogP contribution in [-0.4, -0.2) is 56.0 Å². The van der Waals surface area contributed by atoms with E-state index in [0.717, 1.165) is 19.5 Å². The van der Waals surface area contributed by atoms with E-state index >= 15 is 0 Å². The van der Waals surface area contributed by atoms with E-state index in [1.165, 1.54) is 12.8 Å². The maximum Gasteiger partial charge on any atom is 0.234 e. The van der Waals surface area contributed by atoms with Crippen molar-refractivity contribution in [3.05, 3.63) is 0 Å². The summed E-state index contributed by atoms with van der Waals surface area (Å²) in [7, 11) is 1.75. The predicted octanol–water partition coefficient (Wildman–Crippen LogP) is 0.323. The van der Waals surface area contributed by atoms with Crippen LogP contribution in [-0.2, 0) is 9.59 Å². The molecule has 0 saturated carbocycles. The van der Waals surface area contributed by atoms with Crippen LogP contribution in [0.25, 0.3) is 0 Å². The van der Waals surface area contributed by atoms with Crippen molar-refractivity contribution in [1.82, 2.24) is 15.5 Å². The average Bonchev–Trinajstić information content (AvgIpc) is 2.80. The summed E-state index contributed by atoms with van der Waals surface area (Å²) in [6.45, 7) is 10.1. The summed E-state index contributed by atoms with van der Waals surface area (Å²) in [5.74, 6) is 0.0486. The first-order valence-corrected chi connectivity index (χ1v) is 7.22. The molecule has 1 rings (SSSR count). The minimum absolute atomic E-state index is 0.0486. The van der Waals surface area contributed by atoms with Gasteiger partial charge in [0.05, 0.1) is 6.54 Å². The van der Waals surface area contributed by atoms with E-state index in [-0.39, 0.29) is 11.9 Å². The van der Waals surface area contributed by atoms with E-state index in [1.807, 2.05) is 27.7 Å². The number of rotatable bonds is 4. The van der Waals surface area contributed by atoms with Crippen LogP contribution in [0, 0.1) is 0 Å². The molecule has 1 aliphatic rings. The Labute approximate surface area is 123 Å². The number of hydrogen-bond acceptors (Lipinski definition) is 4. The van der Waals surface area contributed by atoms with Crippen LogP contribution in [0.15, 0.2) is 0 Å². The first kappa shape index (κ1) is 21.2. The number of hydrogen-bond donors (Lipinski definition) is 3. The first-order valence-electron chi connectivity index (χ1n) is 7.22. The van der Waals surface area contributed by atoms with E-state index in [2.05, 4.69) is 10.6 Å². The van der Waals surface area contributed by atoms with Gasteiger partial charge in [0, 0.05) is 19.1 Å². The van der Waals surface area contributed by atoms with Crippen molar-refractivity contribution in [3.63, 3.8) is 0 Å². The number of carbonyl (C=O) groups is 2. The molecule has 6 nitrogen and oxygen atoms in total. The molecule has 1 fully saturated rings. The zero-order chi connectivity index (χ0) is 16.0. The molecular formula is C14H32N4O2. The summed E-state index contributed by atoms with van der Waals surface area (Å²) in [6.07, 6.45) is 3.31. The Morgan fingerprint density at radius 2 is 1.70 bits per heavy atom. The van der Waals surface area contributed by atoms with Gasteiger partial charge in [0.2, 0.25) is 12.3 Å². The van der Waals surface area contributed by atoms with Gasteiger partial charge < -0.3 is 21.3 Å². The largest absolute Gasteiger partial charge is 0.353 e. The van der Waals surface area contributed by atoms with Gasteiger partial charge in [0.1, 0.15) is 0 Å². The van der Waals surface area contributed by atoms with Crippen LogP contribution in [0.1, 0.15) is 40.5 Å². The number of carbonyl (C=O) groups excluding carboxylic acids is 2. The summed E-state index contributed by atoms with van der Waals surface area (Å²) in [4.78, 5) is 22.4. The van der Waals surface area contributed by atoms with Gasteiger partial charge in [-0.05, 0) is 39.8 Å². The second-order valence-corrected chi connectivity index (χ2v) is 5.35. The van der Waals surface area contributed by atoms with Gasteiger partial charge in [0.25, 0.3) is 0 Å². The standard InChI is InChI=1S/C6H14N2O.C5H9NO.C3H9N/c1-5(2)8-6(9)4-7-3;7-5-6-3-1-2-4-6;1-3(2)4/h5,7H,4H2,1-3H3,(H,8,9);5H,1-4H2;3H,4H2,1-2H3. The minimum Gasteiger partial charge on any atom is -0.353 e. The molecule has 0 unspecified atom stereocenters. The molecular weight excluding hydrogens is 256 g/mol. The second kappa shape index (κ2) is 14.3. The van der Waals surface area contributed by atoms with Crippen LogP contribution in [0.2, 0.25) is 0 Å². The number of nitrogens with two attached hydrogens (primary N) is 1. The highest BCUT2D eigenvalue weighted by atomic mass is 16.2. The molecule has 0 aliphatic carbocycles. The Balaban J connectivity index is 0. The Kier molecular flexibility index (Phi) is 15.1. The quantitative estimate of drug-likeness (QED) is 0.650. The van der Waals surface area contributed by atoms with Gasteiger partial charge in [-0.25, -0.2) is 0 Å². The lowest BCUT2D eigenvalue weighted by atomic mass is 10.4. The molecule has 1 heterocycles. The molecule has 1 aliphatic heterocycles. The second-order valence-electron chi connectivity index (χ2n) is 5.35. The Morgan fingerprint density at radius 3 is 1.95 bits per heavy atom. The summed E-state index contributed by atoms with van der Waals surface area (Å²) < 4.78 is 0. The van der Waals surface area contributed by atoms with Crippen molar-refractivity contribution >= 4 is 12.3 Å². The van der Waals surface area contributed by atoms with Gasteiger partial charge in [-0.15, -0.1) is 0 Å². The van der Waals surface area contributed by atoms with E-state index in [9.17, 15) is 9.59 Å². The monoisotopic (exact) mass is 288 g/mol. The van der Waals surface area contributed by atoms with E-state index in [1.54, 1.807) is 11.9 Å². The molecule has 0 aromatic rings. The number of nitrogens with one attached hydrogen (secondary N) is 2. The third kappa shape index (κ3) is 19.2. The van der Waals surface area contributed by atoms with Crippen LogP contribution in [0.5, 0.6) is 0 Å². The van der Waals surface area contributed by atoms with Gasteiger partial charge in [0.15, 0.2) is 0 Å². The van der Waals surface area contributed by atoms with E-state index < -0.39 is 0 Å². The Hall–Kier alpha value is -1.14.